The minimum atomic E-state index is -0.336. The van der Waals surface area contributed by atoms with Gasteiger partial charge in [-0.05, 0) is 29.8 Å². The maximum absolute atomic E-state index is 11.8. The molecule has 0 heterocycles. The zero-order chi connectivity index (χ0) is 13.7. The molecule has 19 heavy (non-hydrogen) atoms. The Morgan fingerprint density at radius 1 is 1.21 bits per heavy atom. The average molecular weight is 338 g/mol. The number of benzene rings is 2. The fourth-order valence-electron chi connectivity index (χ4n) is 1.46. The van der Waals surface area contributed by atoms with Crippen LogP contribution in [0.4, 0.5) is 0 Å². The van der Waals surface area contributed by atoms with Crippen LogP contribution in [0.5, 0.6) is 0 Å². The highest BCUT2D eigenvalue weighted by atomic mass is 79.9. The molecule has 1 N–H and O–H groups in total. The molecule has 0 radical (unpaired) electrons. The number of carbonyl (C=O) groups excluding carboxylic acids is 1. The second-order valence-electron chi connectivity index (χ2n) is 3.73. The fraction of sp³-hybridized carbons (Fsp3) is 0. The SMILES string of the molecule is O=C(N/N=C\c1cccc(Br)c1)c1ccccc1Cl. The second kappa shape index (κ2) is 6.50. The molecule has 2 aromatic carbocycles. The Bertz CT molecular complexity index is 628. The third kappa shape index (κ3) is 3.91. The van der Waals surface area contributed by atoms with Crippen molar-refractivity contribution in [2.24, 2.45) is 5.10 Å². The molecule has 0 aliphatic heterocycles. The summed E-state index contributed by atoms with van der Waals surface area (Å²) in [4.78, 5) is 11.8. The molecule has 2 rings (SSSR count). The molecule has 0 saturated carbocycles. The number of carbonyl (C=O) groups is 1. The van der Waals surface area contributed by atoms with Gasteiger partial charge in [0.1, 0.15) is 0 Å². The molecule has 0 atom stereocenters. The van der Waals surface area contributed by atoms with Gasteiger partial charge in [0.15, 0.2) is 0 Å². The molecule has 0 saturated heterocycles. The fourth-order valence-corrected chi connectivity index (χ4v) is 2.10. The number of rotatable bonds is 3. The lowest BCUT2D eigenvalue weighted by atomic mass is 10.2. The minimum absolute atomic E-state index is 0.336. The van der Waals surface area contributed by atoms with E-state index in [4.69, 9.17) is 11.6 Å². The van der Waals surface area contributed by atoms with E-state index in [2.05, 4.69) is 26.5 Å². The lowest BCUT2D eigenvalue weighted by Gasteiger charge is -2.01. The van der Waals surface area contributed by atoms with Crippen LogP contribution in [-0.4, -0.2) is 12.1 Å². The van der Waals surface area contributed by atoms with Crippen LogP contribution in [-0.2, 0) is 0 Å². The zero-order valence-corrected chi connectivity index (χ0v) is 12.1. The quantitative estimate of drug-likeness (QED) is 0.670. The van der Waals surface area contributed by atoms with E-state index in [1.165, 1.54) is 0 Å². The Kier molecular flexibility index (Phi) is 4.71. The van der Waals surface area contributed by atoms with E-state index in [0.717, 1.165) is 10.0 Å². The molecule has 5 heteroatoms. The maximum Gasteiger partial charge on any atom is 0.272 e. The Morgan fingerprint density at radius 3 is 2.74 bits per heavy atom. The van der Waals surface area contributed by atoms with Crippen molar-refractivity contribution in [2.45, 2.75) is 0 Å². The molecular weight excluding hydrogens is 328 g/mol. The van der Waals surface area contributed by atoms with Crippen molar-refractivity contribution in [1.82, 2.24) is 5.43 Å². The van der Waals surface area contributed by atoms with Crippen LogP contribution >= 0.6 is 27.5 Å². The highest BCUT2D eigenvalue weighted by molar-refractivity contribution is 9.10. The molecule has 1 amide bonds. The van der Waals surface area contributed by atoms with Gasteiger partial charge in [0.2, 0.25) is 0 Å². The summed E-state index contributed by atoms with van der Waals surface area (Å²) in [6.07, 6.45) is 1.57. The standard InChI is InChI=1S/C14H10BrClN2O/c15-11-5-3-4-10(8-11)9-17-18-14(19)12-6-1-2-7-13(12)16/h1-9H,(H,18,19)/b17-9-. The zero-order valence-electron chi connectivity index (χ0n) is 9.81. The number of amides is 1. The average Bonchev–Trinajstić information content (AvgIpc) is 2.39. The summed E-state index contributed by atoms with van der Waals surface area (Å²) in [5.41, 5.74) is 3.72. The number of hydrogen-bond donors (Lipinski definition) is 1. The Balaban J connectivity index is 2.03. The monoisotopic (exact) mass is 336 g/mol. The first-order chi connectivity index (χ1) is 9.16. The Morgan fingerprint density at radius 2 is 2.00 bits per heavy atom. The highest BCUT2D eigenvalue weighted by Gasteiger charge is 2.07. The van der Waals surface area contributed by atoms with Crippen molar-refractivity contribution in [3.8, 4) is 0 Å². The lowest BCUT2D eigenvalue weighted by Crippen LogP contribution is -2.17. The van der Waals surface area contributed by atoms with Gasteiger partial charge in [-0.1, -0.05) is 51.8 Å². The number of nitrogens with zero attached hydrogens (tertiary/aromatic N) is 1. The van der Waals surface area contributed by atoms with Gasteiger partial charge in [-0.15, -0.1) is 0 Å². The van der Waals surface area contributed by atoms with Crippen molar-refractivity contribution >= 4 is 39.7 Å². The molecule has 0 spiro atoms. The van der Waals surface area contributed by atoms with Crippen LogP contribution in [0, 0.1) is 0 Å². The second-order valence-corrected chi connectivity index (χ2v) is 5.06. The lowest BCUT2D eigenvalue weighted by molar-refractivity contribution is 0.0955. The van der Waals surface area contributed by atoms with Crippen LogP contribution in [0.2, 0.25) is 5.02 Å². The molecule has 0 aromatic heterocycles. The Labute approximate surface area is 124 Å². The third-order valence-electron chi connectivity index (χ3n) is 2.35. The van der Waals surface area contributed by atoms with E-state index in [1.807, 2.05) is 24.3 Å². The van der Waals surface area contributed by atoms with E-state index in [9.17, 15) is 4.79 Å². The summed E-state index contributed by atoms with van der Waals surface area (Å²) in [5.74, 6) is -0.336. The van der Waals surface area contributed by atoms with Crippen molar-refractivity contribution in [3.63, 3.8) is 0 Å². The van der Waals surface area contributed by atoms with Gasteiger partial charge in [0, 0.05) is 4.47 Å². The van der Waals surface area contributed by atoms with Crippen molar-refractivity contribution in [1.29, 1.82) is 0 Å². The van der Waals surface area contributed by atoms with Crippen LogP contribution in [0.15, 0.2) is 58.1 Å². The number of halogens is 2. The number of hydrogen-bond acceptors (Lipinski definition) is 2. The Hall–Kier alpha value is -1.65. The van der Waals surface area contributed by atoms with Crippen molar-refractivity contribution < 1.29 is 4.79 Å². The van der Waals surface area contributed by atoms with Gasteiger partial charge in [0.25, 0.3) is 5.91 Å². The topological polar surface area (TPSA) is 41.5 Å². The van der Waals surface area contributed by atoms with E-state index >= 15 is 0 Å². The highest BCUT2D eigenvalue weighted by Crippen LogP contribution is 2.14. The molecule has 96 valence electrons. The summed E-state index contributed by atoms with van der Waals surface area (Å²) >= 11 is 9.28. The molecule has 2 aromatic rings. The van der Waals surface area contributed by atoms with E-state index < -0.39 is 0 Å². The molecule has 3 nitrogen and oxygen atoms in total. The molecule has 0 fully saturated rings. The predicted molar refractivity (Wildman–Crippen MR) is 80.7 cm³/mol. The van der Waals surface area contributed by atoms with E-state index in [1.54, 1.807) is 30.5 Å². The molecule has 0 bridgehead atoms. The van der Waals surface area contributed by atoms with Gasteiger partial charge < -0.3 is 0 Å². The van der Waals surface area contributed by atoms with Crippen LogP contribution in [0.3, 0.4) is 0 Å². The molecular formula is C14H10BrClN2O. The number of hydrazone groups is 1. The van der Waals surface area contributed by atoms with Crippen LogP contribution < -0.4 is 5.43 Å². The number of nitrogens with one attached hydrogen (secondary N) is 1. The third-order valence-corrected chi connectivity index (χ3v) is 3.17. The first-order valence-corrected chi connectivity index (χ1v) is 6.67. The first-order valence-electron chi connectivity index (χ1n) is 5.50. The summed E-state index contributed by atoms with van der Waals surface area (Å²) in [7, 11) is 0. The summed E-state index contributed by atoms with van der Waals surface area (Å²) in [6.45, 7) is 0. The van der Waals surface area contributed by atoms with E-state index in [0.29, 0.717) is 10.6 Å². The molecule has 0 aliphatic carbocycles. The molecule has 0 unspecified atom stereocenters. The minimum Gasteiger partial charge on any atom is -0.267 e. The van der Waals surface area contributed by atoms with Crippen molar-refractivity contribution in [3.05, 3.63) is 69.2 Å². The van der Waals surface area contributed by atoms with E-state index in [-0.39, 0.29) is 5.91 Å². The smallest absolute Gasteiger partial charge is 0.267 e. The van der Waals surface area contributed by atoms with Crippen LogP contribution in [0.25, 0.3) is 0 Å². The largest absolute Gasteiger partial charge is 0.272 e. The van der Waals surface area contributed by atoms with Gasteiger partial charge in [-0.3, -0.25) is 4.79 Å². The van der Waals surface area contributed by atoms with Gasteiger partial charge in [0.05, 0.1) is 16.8 Å². The first kappa shape index (κ1) is 13.8. The van der Waals surface area contributed by atoms with Crippen LogP contribution in [0.1, 0.15) is 15.9 Å². The molecule has 0 aliphatic rings. The normalized spacial score (nSPS) is 10.6. The van der Waals surface area contributed by atoms with Crippen molar-refractivity contribution in [2.75, 3.05) is 0 Å². The summed E-state index contributed by atoms with van der Waals surface area (Å²) < 4.78 is 0.953. The predicted octanol–water partition coefficient (Wildman–Crippen LogP) is 3.87. The van der Waals surface area contributed by atoms with Gasteiger partial charge >= 0.3 is 0 Å². The van der Waals surface area contributed by atoms with Gasteiger partial charge in [-0.25, -0.2) is 5.43 Å². The maximum atomic E-state index is 11.8. The summed E-state index contributed by atoms with van der Waals surface area (Å²) in [6, 6.07) is 14.4. The summed E-state index contributed by atoms with van der Waals surface area (Å²) in [5, 5.41) is 4.30. The van der Waals surface area contributed by atoms with Gasteiger partial charge in [-0.2, -0.15) is 5.10 Å².